The van der Waals surface area contributed by atoms with Crippen molar-refractivity contribution in [3.05, 3.63) is 30.3 Å². The molecule has 1 saturated heterocycles. The van der Waals surface area contributed by atoms with E-state index in [4.69, 9.17) is 4.74 Å². The predicted molar refractivity (Wildman–Crippen MR) is 117 cm³/mol. The Morgan fingerprint density at radius 1 is 1.15 bits per heavy atom. The number of carbonyl (C=O) groups excluding carboxylic acids is 1. The Hall–Kier alpha value is -1.55. The van der Waals surface area contributed by atoms with Crippen LogP contribution in [0.4, 0.5) is 5.69 Å². The maximum absolute atomic E-state index is 12.4. The van der Waals surface area contributed by atoms with E-state index in [-0.39, 0.29) is 36.4 Å². The van der Waals surface area contributed by atoms with E-state index < -0.39 is 0 Å². The van der Waals surface area contributed by atoms with Gasteiger partial charge in [-0.15, -0.1) is 24.0 Å². The number of rotatable bonds is 7. The second-order valence-electron chi connectivity index (χ2n) is 5.75. The van der Waals surface area contributed by atoms with Crippen LogP contribution in [0.15, 0.2) is 35.3 Å². The Kier molecular flexibility index (Phi) is 11.0. The van der Waals surface area contributed by atoms with Crippen molar-refractivity contribution >= 4 is 41.5 Å². The zero-order chi connectivity index (χ0) is 17.9. The summed E-state index contributed by atoms with van der Waals surface area (Å²) in [6, 6.07) is 10.3. The van der Waals surface area contributed by atoms with Crippen molar-refractivity contribution < 1.29 is 9.53 Å². The summed E-state index contributed by atoms with van der Waals surface area (Å²) >= 11 is 0. The summed E-state index contributed by atoms with van der Waals surface area (Å²) in [6.45, 7) is 7.39. The third-order valence-electron chi connectivity index (χ3n) is 4.13. The van der Waals surface area contributed by atoms with E-state index in [2.05, 4.69) is 32.7 Å². The number of carbonyl (C=O) groups is 1. The Balaban J connectivity index is 0.00000338. The highest BCUT2D eigenvalue weighted by Gasteiger charge is 2.21. The van der Waals surface area contributed by atoms with E-state index in [1.165, 1.54) is 5.69 Å². The Bertz CT molecular complexity index is 548. The number of para-hydroxylation sites is 1. The van der Waals surface area contributed by atoms with Crippen LogP contribution in [-0.4, -0.2) is 76.3 Å². The zero-order valence-corrected chi connectivity index (χ0v) is 17.9. The lowest BCUT2D eigenvalue weighted by Crippen LogP contribution is -2.52. The Morgan fingerprint density at radius 2 is 1.85 bits per heavy atom. The van der Waals surface area contributed by atoms with Crippen LogP contribution in [-0.2, 0) is 9.53 Å². The molecule has 1 aliphatic heterocycles. The Labute approximate surface area is 173 Å². The van der Waals surface area contributed by atoms with E-state index in [1.54, 1.807) is 7.05 Å². The fraction of sp³-hybridized carbons (Fsp3) is 0.556. The number of hydrogen-bond donors (Lipinski definition) is 2. The van der Waals surface area contributed by atoms with E-state index in [9.17, 15) is 4.79 Å². The third kappa shape index (κ3) is 7.36. The molecule has 0 aliphatic carbocycles. The smallest absolute Gasteiger partial charge is 0.242 e. The molecule has 0 bridgehead atoms. The van der Waals surface area contributed by atoms with Crippen molar-refractivity contribution in [2.75, 3.05) is 64.4 Å². The quantitative estimate of drug-likeness (QED) is 0.268. The van der Waals surface area contributed by atoms with Gasteiger partial charge in [0, 0.05) is 52.1 Å². The number of piperazine rings is 1. The molecule has 146 valence electrons. The van der Waals surface area contributed by atoms with Gasteiger partial charge in [-0.1, -0.05) is 18.2 Å². The van der Waals surface area contributed by atoms with Gasteiger partial charge in [-0.25, -0.2) is 0 Å². The van der Waals surface area contributed by atoms with Crippen molar-refractivity contribution in [2.45, 2.75) is 6.92 Å². The molecule has 8 heteroatoms. The van der Waals surface area contributed by atoms with Gasteiger partial charge >= 0.3 is 0 Å². The summed E-state index contributed by atoms with van der Waals surface area (Å²) in [5.74, 6) is 0.719. The van der Waals surface area contributed by atoms with Crippen LogP contribution in [0.2, 0.25) is 0 Å². The van der Waals surface area contributed by atoms with Gasteiger partial charge in [-0.3, -0.25) is 9.79 Å². The van der Waals surface area contributed by atoms with E-state index in [1.807, 2.05) is 30.0 Å². The van der Waals surface area contributed by atoms with Gasteiger partial charge in [0.05, 0.1) is 13.2 Å². The molecule has 1 aromatic rings. The van der Waals surface area contributed by atoms with Crippen LogP contribution < -0.4 is 15.5 Å². The molecule has 26 heavy (non-hydrogen) atoms. The van der Waals surface area contributed by atoms with Crippen LogP contribution >= 0.6 is 24.0 Å². The monoisotopic (exact) mass is 475 g/mol. The summed E-state index contributed by atoms with van der Waals surface area (Å²) in [7, 11) is 1.69. The second kappa shape index (κ2) is 12.7. The van der Waals surface area contributed by atoms with Gasteiger partial charge in [-0.05, 0) is 19.1 Å². The minimum atomic E-state index is 0. The number of nitrogens with one attached hydrogen (secondary N) is 2. The SMILES string of the molecule is CCOCCNC(=NC)NCC(=O)N1CCN(c2ccccc2)CC1.I. The number of halogens is 1. The molecule has 0 aromatic heterocycles. The molecule has 0 spiro atoms. The highest BCUT2D eigenvalue weighted by Crippen LogP contribution is 2.15. The van der Waals surface area contributed by atoms with Gasteiger partial charge in [0.1, 0.15) is 0 Å². The Morgan fingerprint density at radius 3 is 2.46 bits per heavy atom. The first kappa shape index (κ1) is 22.5. The summed E-state index contributed by atoms with van der Waals surface area (Å²) in [4.78, 5) is 20.7. The van der Waals surface area contributed by atoms with Gasteiger partial charge < -0.3 is 25.2 Å². The highest BCUT2D eigenvalue weighted by molar-refractivity contribution is 14.0. The fourth-order valence-corrected chi connectivity index (χ4v) is 2.73. The van der Waals surface area contributed by atoms with Crippen molar-refractivity contribution in [1.29, 1.82) is 0 Å². The molecule has 0 atom stereocenters. The largest absolute Gasteiger partial charge is 0.380 e. The van der Waals surface area contributed by atoms with Crippen molar-refractivity contribution in [3.63, 3.8) is 0 Å². The third-order valence-corrected chi connectivity index (χ3v) is 4.13. The first-order valence-electron chi connectivity index (χ1n) is 8.84. The molecule has 0 radical (unpaired) electrons. The van der Waals surface area contributed by atoms with Crippen molar-refractivity contribution in [1.82, 2.24) is 15.5 Å². The van der Waals surface area contributed by atoms with Crippen LogP contribution in [0.3, 0.4) is 0 Å². The number of amides is 1. The molecular weight excluding hydrogens is 445 g/mol. The molecule has 0 saturated carbocycles. The van der Waals surface area contributed by atoms with E-state index in [0.717, 1.165) is 26.2 Å². The maximum Gasteiger partial charge on any atom is 0.242 e. The van der Waals surface area contributed by atoms with Gasteiger partial charge in [0.25, 0.3) is 0 Å². The van der Waals surface area contributed by atoms with Gasteiger partial charge in [-0.2, -0.15) is 0 Å². The molecule has 7 nitrogen and oxygen atoms in total. The van der Waals surface area contributed by atoms with Crippen LogP contribution in [0.25, 0.3) is 0 Å². The highest BCUT2D eigenvalue weighted by atomic mass is 127. The lowest BCUT2D eigenvalue weighted by atomic mass is 10.2. The fourth-order valence-electron chi connectivity index (χ4n) is 2.73. The van der Waals surface area contributed by atoms with Crippen molar-refractivity contribution in [3.8, 4) is 0 Å². The average Bonchev–Trinajstić information content (AvgIpc) is 2.68. The number of ether oxygens (including phenoxy) is 1. The number of guanidine groups is 1. The lowest BCUT2D eigenvalue weighted by molar-refractivity contribution is -0.130. The predicted octanol–water partition coefficient (Wildman–Crippen LogP) is 1.15. The topological polar surface area (TPSA) is 69.2 Å². The number of anilines is 1. The molecule has 1 aromatic carbocycles. The standard InChI is InChI=1S/C18H29N5O2.HI/c1-3-25-14-9-20-18(19-2)21-15-17(24)23-12-10-22(11-13-23)16-7-5-4-6-8-16;/h4-8H,3,9-15H2,1-2H3,(H2,19,20,21);1H. The number of nitrogens with zero attached hydrogens (tertiary/aromatic N) is 3. The summed E-state index contributed by atoms with van der Waals surface area (Å²) in [5, 5.41) is 6.19. The van der Waals surface area contributed by atoms with Crippen LogP contribution in [0.5, 0.6) is 0 Å². The molecule has 2 N–H and O–H groups in total. The second-order valence-corrected chi connectivity index (χ2v) is 5.75. The normalized spacial score (nSPS) is 14.6. The van der Waals surface area contributed by atoms with Crippen molar-refractivity contribution in [2.24, 2.45) is 4.99 Å². The minimum Gasteiger partial charge on any atom is -0.380 e. The number of benzene rings is 1. The van der Waals surface area contributed by atoms with Gasteiger partial charge in [0.2, 0.25) is 5.91 Å². The van der Waals surface area contributed by atoms with Gasteiger partial charge in [0.15, 0.2) is 5.96 Å². The molecule has 2 rings (SSSR count). The zero-order valence-electron chi connectivity index (χ0n) is 15.6. The maximum atomic E-state index is 12.4. The molecule has 1 fully saturated rings. The minimum absolute atomic E-state index is 0. The average molecular weight is 475 g/mol. The first-order valence-corrected chi connectivity index (χ1v) is 8.84. The summed E-state index contributed by atoms with van der Waals surface area (Å²) in [6.07, 6.45) is 0. The number of aliphatic imine (C=N–C) groups is 1. The molecule has 1 aliphatic rings. The number of hydrogen-bond acceptors (Lipinski definition) is 4. The molecule has 1 amide bonds. The molecular formula is C18H30IN5O2. The molecule has 0 unspecified atom stereocenters. The first-order chi connectivity index (χ1) is 12.2. The summed E-state index contributed by atoms with van der Waals surface area (Å²) < 4.78 is 5.27. The van der Waals surface area contributed by atoms with E-state index in [0.29, 0.717) is 25.7 Å². The molecule has 1 heterocycles. The van der Waals surface area contributed by atoms with E-state index >= 15 is 0 Å². The van der Waals surface area contributed by atoms with Crippen LogP contribution in [0.1, 0.15) is 6.92 Å². The summed E-state index contributed by atoms with van der Waals surface area (Å²) in [5.41, 5.74) is 1.21. The van der Waals surface area contributed by atoms with Crippen LogP contribution in [0, 0.1) is 0 Å². The lowest BCUT2D eigenvalue weighted by Gasteiger charge is -2.36.